The second kappa shape index (κ2) is 10.4. The molecule has 3 aromatic rings. The number of aromatic nitrogens is 1. The predicted octanol–water partition coefficient (Wildman–Crippen LogP) is 3.79. The van der Waals surface area contributed by atoms with E-state index >= 15 is 0 Å². The van der Waals surface area contributed by atoms with E-state index in [0.29, 0.717) is 28.7 Å². The van der Waals surface area contributed by atoms with Crippen LogP contribution < -0.4 is 4.74 Å². The highest BCUT2D eigenvalue weighted by Crippen LogP contribution is 2.32. The standard InChI is InChI=1S/C24H29N3O6S/c1-16-10-12-19(13-11-16)24-25-21(18(3)33-24)15-32-22-9-7-6-8-20(22)17(2)27(14-23(28)29)34(30,31)26(4)5/h6-13,17H,14-15H2,1-5H3,(H,28,29). The molecule has 0 aliphatic carbocycles. The summed E-state index contributed by atoms with van der Waals surface area (Å²) in [7, 11) is -1.28. The van der Waals surface area contributed by atoms with Crippen molar-refractivity contribution in [1.29, 1.82) is 0 Å². The Bertz CT molecular complexity index is 1250. The Balaban J connectivity index is 1.86. The molecule has 34 heavy (non-hydrogen) atoms. The van der Waals surface area contributed by atoms with Gasteiger partial charge in [-0.25, -0.2) is 4.98 Å². The summed E-state index contributed by atoms with van der Waals surface area (Å²) in [6.45, 7) is 4.85. The lowest BCUT2D eigenvalue weighted by molar-refractivity contribution is -0.137. The Morgan fingerprint density at radius 3 is 2.38 bits per heavy atom. The van der Waals surface area contributed by atoms with E-state index in [1.165, 1.54) is 14.1 Å². The molecule has 1 unspecified atom stereocenters. The lowest BCUT2D eigenvalue weighted by Gasteiger charge is -2.30. The number of nitrogens with zero attached hydrogens (tertiary/aromatic N) is 3. The molecule has 10 heteroatoms. The van der Waals surface area contributed by atoms with Crippen molar-refractivity contribution >= 4 is 16.2 Å². The maximum atomic E-state index is 12.8. The monoisotopic (exact) mass is 487 g/mol. The van der Waals surface area contributed by atoms with E-state index in [1.54, 1.807) is 38.1 Å². The van der Waals surface area contributed by atoms with Crippen molar-refractivity contribution in [3.05, 3.63) is 71.1 Å². The van der Waals surface area contributed by atoms with Crippen LogP contribution in [0.25, 0.3) is 11.5 Å². The van der Waals surface area contributed by atoms with Gasteiger partial charge in [-0.2, -0.15) is 17.0 Å². The van der Waals surface area contributed by atoms with E-state index < -0.39 is 28.8 Å². The lowest BCUT2D eigenvalue weighted by atomic mass is 10.1. The second-order valence-electron chi connectivity index (χ2n) is 8.12. The highest BCUT2D eigenvalue weighted by molar-refractivity contribution is 7.86. The van der Waals surface area contributed by atoms with Crippen LogP contribution in [0.3, 0.4) is 0 Å². The zero-order valence-electron chi connectivity index (χ0n) is 19.8. The third kappa shape index (κ3) is 5.64. The van der Waals surface area contributed by atoms with Crippen LogP contribution in [-0.2, 0) is 21.6 Å². The van der Waals surface area contributed by atoms with E-state index in [-0.39, 0.29) is 6.61 Å². The molecule has 9 nitrogen and oxygen atoms in total. The van der Waals surface area contributed by atoms with Gasteiger partial charge in [0.2, 0.25) is 5.89 Å². The van der Waals surface area contributed by atoms with Gasteiger partial charge in [0.1, 0.15) is 30.4 Å². The summed E-state index contributed by atoms with van der Waals surface area (Å²) in [5, 5.41) is 9.31. The molecule has 0 radical (unpaired) electrons. The van der Waals surface area contributed by atoms with Crippen LogP contribution in [0.4, 0.5) is 0 Å². The van der Waals surface area contributed by atoms with Gasteiger partial charge >= 0.3 is 5.97 Å². The number of carboxylic acid groups (broad SMARTS) is 1. The van der Waals surface area contributed by atoms with Crippen molar-refractivity contribution in [2.45, 2.75) is 33.4 Å². The molecule has 182 valence electrons. The highest BCUT2D eigenvalue weighted by atomic mass is 32.2. The first-order valence-corrected chi connectivity index (χ1v) is 12.1. The average molecular weight is 488 g/mol. The first-order chi connectivity index (χ1) is 16.0. The summed E-state index contributed by atoms with van der Waals surface area (Å²) in [6, 6.07) is 14.0. The minimum absolute atomic E-state index is 0.101. The molecule has 0 saturated heterocycles. The van der Waals surface area contributed by atoms with Crippen molar-refractivity contribution in [2.24, 2.45) is 0 Å². The van der Waals surface area contributed by atoms with Gasteiger partial charge in [-0.05, 0) is 39.0 Å². The van der Waals surface area contributed by atoms with Crippen molar-refractivity contribution in [3.8, 4) is 17.2 Å². The Morgan fingerprint density at radius 2 is 1.76 bits per heavy atom. The molecule has 3 rings (SSSR count). The van der Waals surface area contributed by atoms with Crippen LogP contribution in [0.2, 0.25) is 0 Å². The Labute approximate surface area is 199 Å². The van der Waals surface area contributed by atoms with Crippen molar-refractivity contribution in [1.82, 2.24) is 13.6 Å². The predicted molar refractivity (Wildman–Crippen MR) is 128 cm³/mol. The fourth-order valence-corrected chi connectivity index (χ4v) is 4.61. The van der Waals surface area contributed by atoms with Gasteiger partial charge in [0.05, 0.1) is 6.04 Å². The lowest BCUT2D eigenvalue weighted by Crippen LogP contribution is -2.44. The smallest absolute Gasteiger partial charge is 0.318 e. The van der Waals surface area contributed by atoms with Crippen LogP contribution in [0.1, 0.15) is 35.5 Å². The van der Waals surface area contributed by atoms with Crippen LogP contribution in [0, 0.1) is 13.8 Å². The zero-order chi connectivity index (χ0) is 25.0. The molecule has 0 amide bonds. The Kier molecular flexibility index (Phi) is 7.75. The summed E-state index contributed by atoms with van der Waals surface area (Å²) in [5.41, 5.74) is 3.14. The average Bonchev–Trinajstić information content (AvgIpc) is 3.16. The third-order valence-corrected chi connectivity index (χ3v) is 7.37. The molecule has 0 spiro atoms. The maximum absolute atomic E-state index is 12.8. The quantitative estimate of drug-likeness (QED) is 0.463. The van der Waals surface area contributed by atoms with Crippen LogP contribution in [-0.4, -0.2) is 53.7 Å². The number of aliphatic carboxylic acids is 1. The fraction of sp³-hybridized carbons (Fsp3) is 0.333. The van der Waals surface area contributed by atoms with E-state index in [2.05, 4.69) is 4.98 Å². The SMILES string of the molecule is Cc1ccc(-c2nc(COc3ccccc3C(C)N(CC(=O)O)S(=O)(=O)N(C)C)c(C)o2)cc1. The van der Waals surface area contributed by atoms with Crippen molar-refractivity contribution in [2.75, 3.05) is 20.6 Å². The van der Waals surface area contributed by atoms with Crippen LogP contribution >= 0.6 is 0 Å². The number of aryl methyl sites for hydroxylation is 2. The number of oxazole rings is 1. The molecule has 2 aromatic carbocycles. The Morgan fingerprint density at radius 1 is 1.12 bits per heavy atom. The molecule has 1 N–H and O–H groups in total. The summed E-state index contributed by atoms with van der Waals surface area (Å²) < 4.78 is 39.3. The van der Waals surface area contributed by atoms with Crippen LogP contribution in [0.15, 0.2) is 52.9 Å². The molecule has 1 aromatic heterocycles. The topological polar surface area (TPSA) is 113 Å². The number of benzene rings is 2. The molecule has 0 saturated carbocycles. The van der Waals surface area contributed by atoms with E-state index in [0.717, 1.165) is 19.7 Å². The van der Waals surface area contributed by atoms with Gasteiger partial charge in [-0.3, -0.25) is 4.79 Å². The number of para-hydroxylation sites is 1. The summed E-state index contributed by atoms with van der Waals surface area (Å²) in [6.07, 6.45) is 0. The summed E-state index contributed by atoms with van der Waals surface area (Å²) in [5.74, 6) is 0.280. The molecule has 0 aliphatic heterocycles. The molecule has 0 fully saturated rings. The first kappa shape index (κ1) is 25.4. The fourth-order valence-electron chi connectivity index (χ4n) is 3.40. The van der Waals surface area contributed by atoms with Gasteiger partial charge in [0.25, 0.3) is 10.2 Å². The van der Waals surface area contributed by atoms with Crippen molar-refractivity contribution in [3.63, 3.8) is 0 Å². The molecular formula is C24H29N3O6S. The molecule has 1 heterocycles. The van der Waals surface area contributed by atoms with Gasteiger partial charge in [-0.1, -0.05) is 35.9 Å². The number of hydrogen-bond acceptors (Lipinski definition) is 6. The molecular weight excluding hydrogens is 458 g/mol. The highest BCUT2D eigenvalue weighted by Gasteiger charge is 2.33. The van der Waals surface area contributed by atoms with Crippen molar-refractivity contribution < 1.29 is 27.5 Å². The number of hydrogen-bond donors (Lipinski definition) is 1. The third-order valence-electron chi connectivity index (χ3n) is 5.41. The molecule has 0 aliphatic rings. The van der Waals surface area contributed by atoms with Crippen LogP contribution in [0.5, 0.6) is 5.75 Å². The summed E-state index contributed by atoms with van der Waals surface area (Å²) >= 11 is 0. The van der Waals surface area contributed by atoms with E-state index in [4.69, 9.17) is 9.15 Å². The van der Waals surface area contributed by atoms with Gasteiger partial charge in [0.15, 0.2) is 0 Å². The van der Waals surface area contributed by atoms with Gasteiger partial charge in [-0.15, -0.1) is 0 Å². The first-order valence-electron chi connectivity index (χ1n) is 10.7. The van der Waals surface area contributed by atoms with Gasteiger partial charge < -0.3 is 14.3 Å². The number of carboxylic acids is 1. The second-order valence-corrected chi connectivity index (χ2v) is 10.2. The number of carbonyl (C=O) groups is 1. The largest absolute Gasteiger partial charge is 0.487 e. The van der Waals surface area contributed by atoms with Gasteiger partial charge in [0, 0.05) is 25.2 Å². The summed E-state index contributed by atoms with van der Waals surface area (Å²) in [4.78, 5) is 16.0. The number of rotatable bonds is 10. The van der Waals surface area contributed by atoms with E-state index in [9.17, 15) is 18.3 Å². The minimum Gasteiger partial charge on any atom is -0.487 e. The van der Waals surface area contributed by atoms with E-state index in [1.807, 2.05) is 31.2 Å². The normalized spacial score (nSPS) is 12.8. The zero-order valence-corrected chi connectivity index (χ0v) is 20.7. The maximum Gasteiger partial charge on any atom is 0.318 e. The molecule has 0 bridgehead atoms. The Hall–Kier alpha value is -3.21. The number of ether oxygens (including phenoxy) is 1. The minimum atomic E-state index is -4.00. The molecule has 1 atom stereocenters.